The van der Waals surface area contributed by atoms with Crippen molar-refractivity contribution in [2.45, 2.75) is 50.7 Å². The highest BCUT2D eigenvalue weighted by atomic mass is 16.5. The average Bonchev–Trinajstić information content (AvgIpc) is 3.20. The molecule has 0 radical (unpaired) electrons. The Balaban J connectivity index is 1.33. The number of para-hydroxylation sites is 1. The number of benzene rings is 2. The molecule has 4 heterocycles. The zero-order chi connectivity index (χ0) is 23.1. The van der Waals surface area contributed by atoms with Crippen molar-refractivity contribution in [3.05, 3.63) is 71.4 Å². The first-order valence-corrected chi connectivity index (χ1v) is 12.8. The number of esters is 1. The fourth-order valence-electron chi connectivity index (χ4n) is 7.23. The van der Waals surface area contributed by atoms with E-state index in [0.717, 1.165) is 50.2 Å². The van der Waals surface area contributed by atoms with Gasteiger partial charge in [0.2, 0.25) is 0 Å². The van der Waals surface area contributed by atoms with Crippen LogP contribution in [0.4, 0.5) is 0 Å². The predicted molar refractivity (Wildman–Crippen MR) is 133 cm³/mol. The summed E-state index contributed by atoms with van der Waals surface area (Å²) in [7, 11) is 0. The number of ether oxygens (including phenoxy) is 2. The Morgan fingerprint density at radius 1 is 1.15 bits per heavy atom. The smallest absolute Gasteiger partial charge is 0.319 e. The lowest BCUT2D eigenvalue weighted by molar-refractivity contribution is -0.165. The molecule has 1 N–H and O–H groups in total. The Bertz CT molecular complexity index is 1170. The number of H-pyrrole nitrogens is 1. The van der Waals surface area contributed by atoms with E-state index in [-0.39, 0.29) is 12.0 Å². The molecule has 1 aromatic heterocycles. The highest BCUT2D eigenvalue weighted by molar-refractivity contribution is 5.91. The SMILES string of the molecule is CCOC(=O)C12C[C@H]3CC(CCOCc4ccccc4)C1N(CCc1c2[nH]c2ccccc12)C3. The molecule has 5 atom stereocenters. The van der Waals surface area contributed by atoms with E-state index in [9.17, 15) is 4.79 Å². The largest absolute Gasteiger partial charge is 0.465 e. The van der Waals surface area contributed by atoms with Crippen LogP contribution in [-0.4, -0.2) is 48.2 Å². The quantitative estimate of drug-likeness (QED) is 0.407. The Labute approximate surface area is 201 Å². The number of fused-ring (bicyclic) bond motifs is 4. The van der Waals surface area contributed by atoms with Crippen LogP contribution in [0.25, 0.3) is 10.9 Å². The van der Waals surface area contributed by atoms with Gasteiger partial charge in [0.05, 0.1) is 13.2 Å². The van der Waals surface area contributed by atoms with Gasteiger partial charge in [0, 0.05) is 42.3 Å². The van der Waals surface area contributed by atoms with Crippen LogP contribution in [-0.2, 0) is 32.7 Å². The van der Waals surface area contributed by atoms with Gasteiger partial charge >= 0.3 is 5.97 Å². The van der Waals surface area contributed by atoms with Gasteiger partial charge in [-0.15, -0.1) is 0 Å². The van der Waals surface area contributed by atoms with Crippen LogP contribution in [0.1, 0.15) is 43.0 Å². The summed E-state index contributed by atoms with van der Waals surface area (Å²) >= 11 is 0. The number of piperidine rings is 2. The lowest BCUT2D eigenvalue weighted by atomic mass is 9.56. The molecule has 178 valence electrons. The second-order valence-corrected chi connectivity index (χ2v) is 10.3. The standard InChI is InChI=1S/C29H34N2O3/c1-2-34-28(32)29-17-21-16-22(13-15-33-19-20-8-4-3-5-9-20)27(29)31(18-21)14-12-24-23-10-6-7-11-25(23)30-26(24)29/h3-11,21-22,27,30H,2,12-19H2,1H3/t21-,22?,27?,29?/m1/s1. The molecule has 0 amide bonds. The predicted octanol–water partition coefficient (Wildman–Crippen LogP) is 4.84. The number of rotatable bonds is 7. The average molecular weight is 459 g/mol. The van der Waals surface area contributed by atoms with Crippen LogP contribution in [0.15, 0.2) is 54.6 Å². The maximum Gasteiger partial charge on any atom is 0.319 e. The number of carbonyl (C=O) groups excluding carboxylic acids is 1. The van der Waals surface area contributed by atoms with Crippen molar-refractivity contribution in [1.29, 1.82) is 0 Å². The number of carbonyl (C=O) groups is 1. The van der Waals surface area contributed by atoms with E-state index in [1.54, 1.807) is 0 Å². The van der Waals surface area contributed by atoms with Crippen molar-refractivity contribution in [3.63, 3.8) is 0 Å². The molecule has 4 bridgehead atoms. The van der Waals surface area contributed by atoms with Gasteiger partial charge in [-0.25, -0.2) is 0 Å². The summed E-state index contributed by atoms with van der Waals surface area (Å²) in [6.07, 6.45) is 4.00. The van der Waals surface area contributed by atoms with Crippen LogP contribution in [0.3, 0.4) is 0 Å². The molecule has 1 saturated carbocycles. The molecular weight excluding hydrogens is 424 g/mol. The van der Waals surface area contributed by atoms with E-state index in [2.05, 4.69) is 58.4 Å². The molecule has 1 aliphatic carbocycles. The monoisotopic (exact) mass is 458 g/mol. The van der Waals surface area contributed by atoms with Gasteiger partial charge in [0.25, 0.3) is 0 Å². The van der Waals surface area contributed by atoms with Crippen LogP contribution in [0, 0.1) is 11.8 Å². The Kier molecular flexibility index (Phi) is 5.70. The van der Waals surface area contributed by atoms with Crippen molar-refractivity contribution in [2.75, 3.05) is 26.3 Å². The molecule has 4 unspecified atom stereocenters. The number of aromatic amines is 1. The van der Waals surface area contributed by atoms with Gasteiger partial charge in [-0.05, 0) is 61.6 Å². The van der Waals surface area contributed by atoms with Crippen molar-refractivity contribution >= 4 is 16.9 Å². The lowest BCUT2D eigenvalue weighted by Gasteiger charge is -2.58. The van der Waals surface area contributed by atoms with E-state index in [1.807, 2.05) is 13.0 Å². The molecule has 4 aliphatic rings. The molecule has 5 heteroatoms. The van der Waals surface area contributed by atoms with Gasteiger partial charge in [-0.1, -0.05) is 48.5 Å². The van der Waals surface area contributed by atoms with E-state index >= 15 is 0 Å². The van der Waals surface area contributed by atoms with E-state index in [4.69, 9.17) is 9.47 Å². The van der Waals surface area contributed by atoms with Gasteiger partial charge in [-0.3, -0.25) is 9.69 Å². The minimum Gasteiger partial charge on any atom is -0.465 e. The molecule has 2 aromatic carbocycles. The Morgan fingerprint density at radius 2 is 1.97 bits per heavy atom. The number of hydrogen-bond acceptors (Lipinski definition) is 4. The van der Waals surface area contributed by atoms with Gasteiger partial charge < -0.3 is 14.5 Å². The molecule has 7 rings (SSSR count). The highest BCUT2D eigenvalue weighted by Crippen LogP contribution is 2.55. The topological polar surface area (TPSA) is 54.6 Å². The Morgan fingerprint density at radius 3 is 2.82 bits per heavy atom. The third-order valence-electron chi connectivity index (χ3n) is 8.38. The molecule has 5 nitrogen and oxygen atoms in total. The van der Waals surface area contributed by atoms with Gasteiger partial charge in [0.15, 0.2) is 0 Å². The third kappa shape index (κ3) is 3.48. The minimum absolute atomic E-state index is 0.0423. The van der Waals surface area contributed by atoms with Crippen LogP contribution >= 0.6 is 0 Å². The van der Waals surface area contributed by atoms with Crippen molar-refractivity contribution in [3.8, 4) is 0 Å². The maximum absolute atomic E-state index is 13.9. The van der Waals surface area contributed by atoms with Crippen LogP contribution in [0.2, 0.25) is 0 Å². The summed E-state index contributed by atoms with van der Waals surface area (Å²) in [5.41, 5.74) is 4.16. The van der Waals surface area contributed by atoms with Crippen LogP contribution < -0.4 is 0 Å². The highest BCUT2D eigenvalue weighted by Gasteiger charge is 2.63. The molecule has 0 spiro atoms. The lowest BCUT2D eigenvalue weighted by Crippen LogP contribution is -2.67. The molecular formula is C29H34N2O3. The molecule has 3 aromatic rings. The fraction of sp³-hybridized carbons (Fsp3) is 0.483. The first-order chi connectivity index (χ1) is 16.7. The first-order valence-electron chi connectivity index (χ1n) is 12.8. The Hall–Kier alpha value is -2.63. The normalized spacial score (nSPS) is 29.6. The molecule has 3 fully saturated rings. The zero-order valence-corrected chi connectivity index (χ0v) is 20.0. The summed E-state index contributed by atoms with van der Waals surface area (Å²) < 4.78 is 11.9. The van der Waals surface area contributed by atoms with Crippen molar-refractivity contribution in [1.82, 2.24) is 9.88 Å². The van der Waals surface area contributed by atoms with E-state index in [1.165, 1.54) is 22.9 Å². The maximum atomic E-state index is 13.9. The zero-order valence-electron chi connectivity index (χ0n) is 20.0. The van der Waals surface area contributed by atoms with Gasteiger partial charge in [-0.2, -0.15) is 0 Å². The number of nitrogens with zero attached hydrogens (tertiary/aromatic N) is 1. The fourth-order valence-corrected chi connectivity index (χ4v) is 7.23. The summed E-state index contributed by atoms with van der Waals surface area (Å²) in [5, 5.41) is 1.26. The number of aromatic nitrogens is 1. The van der Waals surface area contributed by atoms with Gasteiger partial charge in [0.1, 0.15) is 5.41 Å². The second kappa shape index (κ2) is 8.86. The molecule has 3 aliphatic heterocycles. The minimum atomic E-state index is -0.619. The third-order valence-corrected chi connectivity index (χ3v) is 8.38. The summed E-state index contributed by atoms with van der Waals surface area (Å²) in [6.45, 7) is 5.78. The van der Waals surface area contributed by atoms with Crippen molar-refractivity contribution < 1.29 is 14.3 Å². The number of hydrogen-bond donors (Lipinski definition) is 1. The summed E-state index contributed by atoms with van der Waals surface area (Å²) in [5.74, 6) is 0.884. The summed E-state index contributed by atoms with van der Waals surface area (Å²) in [6, 6.07) is 19.0. The van der Waals surface area contributed by atoms with E-state index in [0.29, 0.717) is 25.0 Å². The second-order valence-electron chi connectivity index (χ2n) is 10.3. The molecule has 2 saturated heterocycles. The van der Waals surface area contributed by atoms with Crippen molar-refractivity contribution in [2.24, 2.45) is 11.8 Å². The first kappa shape index (κ1) is 21.9. The summed E-state index contributed by atoms with van der Waals surface area (Å²) in [4.78, 5) is 20.2. The molecule has 34 heavy (non-hydrogen) atoms. The van der Waals surface area contributed by atoms with Crippen LogP contribution in [0.5, 0.6) is 0 Å². The number of nitrogens with one attached hydrogen (secondary N) is 1. The van der Waals surface area contributed by atoms with E-state index < -0.39 is 5.41 Å².